The third-order valence-electron chi connectivity index (χ3n) is 6.79. The molecular formula is C18H36N2. The summed E-state index contributed by atoms with van der Waals surface area (Å²) in [6, 6.07) is 0. The first-order valence-corrected chi connectivity index (χ1v) is 8.98. The van der Waals surface area contributed by atoms with Crippen LogP contribution in [-0.4, -0.2) is 30.1 Å². The Bertz CT molecular complexity index is 309. The van der Waals surface area contributed by atoms with Gasteiger partial charge in [-0.05, 0) is 55.9 Å². The van der Waals surface area contributed by atoms with Crippen molar-refractivity contribution >= 4 is 0 Å². The third-order valence-corrected chi connectivity index (χ3v) is 6.79. The zero-order valence-electron chi connectivity index (χ0n) is 14.3. The molecule has 2 nitrogen and oxygen atoms in total. The zero-order chi connectivity index (χ0) is 14.8. The van der Waals surface area contributed by atoms with Crippen LogP contribution in [0.3, 0.4) is 0 Å². The van der Waals surface area contributed by atoms with Gasteiger partial charge in [0.2, 0.25) is 0 Å². The fourth-order valence-corrected chi connectivity index (χ4v) is 5.12. The molecule has 0 aromatic heterocycles. The average molecular weight is 280 g/mol. The highest BCUT2D eigenvalue weighted by molar-refractivity contribution is 5.05. The molecule has 0 spiro atoms. The first-order chi connectivity index (χ1) is 9.53. The minimum atomic E-state index is 0.304. The van der Waals surface area contributed by atoms with Gasteiger partial charge in [-0.1, -0.05) is 40.5 Å². The van der Waals surface area contributed by atoms with Gasteiger partial charge in [0.05, 0.1) is 0 Å². The Kier molecular flexibility index (Phi) is 5.18. The van der Waals surface area contributed by atoms with Crippen LogP contribution in [0.25, 0.3) is 0 Å². The summed E-state index contributed by atoms with van der Waals surface area (Å²) in [4.78, 5) is 2.82. The maximum absolute atomic E-state index is 6.38. The number of rotatable bonds is 5. The summed E-state index contributed by atoms with van der Waals surface area (Å²) in [5.41, 5.74) is 7.25. The number of nitrogens with zero attached hydrogens (tertiary/aromatic N) is 1. The molecule has 1 heterocycles. The van der Waals surface area contributed by atoms with Crippen LogP contribution in [0.15, 0.2) is 0 Å². The van der Waals surface area contributed by atoms with Crippen molar-refractivity contribution in [2.24, 2.45) is 23.0 Å². The smallest absolute Gasteiger partial charge is 0.0362 e. The van der Waals surface area contributed by atoms with Crippen LogP contribution in [0.2, 0.25) is 0 Å². The summed E-state index contributed by atoms with van der Waals surface area (Å²) >= 11 is 0. The molecule has 1 saturated carbocycles. The second-order valence-electron chi connectivity index (χ2n) is 7.78. The van der Waals surface area contributed by atoms with Crippen LogP contribution in [0, 0.1) is 17.3 Å². The summed E-state index contributed by atoms with van der Waals surface area (Å²) in [5, 5.41) is 0. The molecule has 0 amide bonds. The van der Waals surface area contributed by atoms with Crippen LogP contribution in [-0.2, 0) is 0 Å². The van der Waals surface area contributed by atoms with Crippen molar-refractivity contribution in [2.75, 3.05) is 19.6 Å². The molecule has 1 aliphatic heterocycles. The van der Waals surface area contributed by atoms with Gasteiger partial charge in [0.1, 0.15) is 0 Å². The van der Waals surface area contributed by atoms with Gasteiger partial charge in [-0.15, -0.1) is 0 Å². The fourth-order valence-electron chi connectivity index (χ4n) is 5.12. The lowest BCUT2D eigenvalue weighted by molar-refractivity contribution is -0.00633. The fraction of sp³-hybridized carbons (Fsp3) is 1.00. The summed E-state index contributed by atoms with van der Waals surface area (Å²) in [6.45, 7) is 13.0. The predicted octanol–water partition coefficient (Wildman–Crippen LogP) is 4.04. The first kappa shape index (κ1) is 16.3. The van der Waals surface area contributed by atoms with E-state index >= 15 is 0 Å². The van der Waals surface area contributed by atoms with Crippen molar-refractivity contribution in [3.05, 3.63) is 0 Å². The Balaban J connectivity index is 2.22. The van der Waals surface area contributed by atoms with E-state index < -0.39 is 0 Å². The quantitative estimate of drug-likeness (QED) is 0.823. The van der Waals surface area contributed by atoms with Crippen LogP contribution >= 0.6 is 0 Å². The molecule has 1 aliphatic carbocycles. The van der Waals surface area contributed by atoms with E-state index in [0.29, 0.717) is 11.0 Å². The SMILES string of the molecule is CCC1(CC)CCN(C2(CN)CCCCC2C(C)C)C1. The van der Waals surface area contributed by atoms with Crippen molar-refractivity contribution in [1.29, 1.82) is 0 Å². The van der Waals surface area contributed by atoms with Gasteiger partial charge < -0.3 is 5.73 Å². The molecule has 2 atom stereocenters. The van der Waals surface area contributed by atoms with Gasteiger partial charge in [-0.25, -0.2) is 0 Å². The molecule has 0 aromatic rings. The maximum Gasteiger partial charge on any atom is 0.0362 e. The van der Waals surface area contributed by atoms with Crippen molar-refractivity contribution in [3.63, 3.8) is 0 Å². The summed E-state index contributed by atoms with van der Waals surface area (Å²) in [7, 11) is 0. The molecule has 20 heavy (non-hydrogen) atoms. The minimum absolute atomic E-state index is 0.304. The summed E-state index contributed by atoms with van der Waals surface area (Å²) in [6.07, 6.45) is 9.53. The van der Waals surface area contributed by atoms with Gasteiger partial charge in [0, 0.05) is 18.6 Å². The van der Waals surface area contributed by atoms with Crippen molar-refractivity contribution in [3.8, 4) is 0 Å². The van der Waals surface area contributed by atoms with E-state index in [-0.39, 0.29) is 0 Å². The Morgan fingerprint density at radius 3 is 2.35 bits per heavy atom. The van der Waals surface area contributed by atoms with E-state index in [1.54, 1.807) is 0 Å². The molecule has 2 fully saturated rings. The molecule has 2 N–H and O–H groups in total. The lowest BCUT2D eigenvalue weighted by atomic mass is 9.67. The molecule has 2 aliphatic rings. The zero-order valence-corrected chi connectivity index (χ0v) is 14.3. The number of hydrogen-bond acceptors (Lipinski definition) is 2. The van der Waals surface area contributed by atoms with E-state index in [1.807, 2.05) is 0 Å². The molecule has 118 valence electrons. The predicted molar refractivity (Wildman–Crippen MR) is 87.8 cm³/mol. The Morgan fingerprint density at radius 1 is 1.15 bits per heavy atom. The number of likely N-dealkylation sites (tertiary alicyclic amines) is 1. The van der Waals surface area contributed by atoms with Crippen molar-refractivity contribution in [1.82, 2.24) is 4.90 Å². The van der Waals surface area contributed by atoms with E-state index in [0.717, 1.165) is 18.4 Å². The Morgan fingerprint density at radius 2 is 1.85 bits per heavy atom. The van der Waals surface area contributed by atoms with Gasteiger partial charge in [-0.2, -0.15) is 0 Å². The molecule has 2 unspecified atom stereocenters. The van der Waals surface area contributed by atoms with E-state index in [4.69, 9.17) is 5.73 Å². The van der Waals surface area contributed by atoms with E-state index in [9.17, 15) is 0 Å². The highest BCUT2D eigenvalue weighted by Gasteiger charge is 2.49. The lowest BCUT2D eigenvalue weighted by Gasteiger charge is -2.52. The standard InChI is InChI=1S/C18H36N2/c1-5-17(6-2)11-12-20(14-17)18(13-19)10-8-7-9-16(18)15(3)4/h15-16H,5-14,19H2,1-4H3. The Labute approximate surface area is 126 Å². The van der Waals surface area contributed by atoms with Crippen LogP contribution in [0.4, 0.5) is 0 Å². The number of nitrogens with two attached hydrogens (primary N) is 1. The van der Waals surface area contributed by atoms with Gasteiger partial charge in [0.15, 0.2) is 0 Å². The minimum Gasteiger partial charge on any atom is -0.329 e. The third kappa shape index (κ3) is 2.66. The van der Waals surface area contributed by atoms with Crippen LogP contribution in [0.1, 0.15) is 72.6 Å². The second-order valence-corrected chi connectivity index (χ2v) is 7.78. The molecule has 0 radical (unpaired) electrons. The normalized spacial score (nSPS) is 34.8. The van der Waals surface area contributed by atoms with Crippen molar-refractivity contribution < 1.29 is 0 Å². The highest BCUT2D eigenvalue weighted by Crippen LogP contribution is 2.47. The van der Waals surface area contributed by atoms with E-state index in [2.05, 4.69) is 32.6 Å². The topological polar surface area (TPSA) is 29.3 Å². The maximum atomic E-state index is 6.38. The highest BCUT2D eigenvalue weighted by atomic mass is 15.2. The van der Waals surface area contributed by atoms with Gasteiger partial charge >= 0.3 is 0 Å². The molecule has 2 rings (SSSR count). The lowest BCUT2D eigenvalue weighted by Crippen LogP contribution is -2.60. The largest absolute Gasteiger partial charge is 0.329 e. The second kappa shape index (κ2) is 6.36. The van der Waals surface area contributed by atoms with Gasteiger partial charge in [-0.3, -0.25) is 4.90 Å². The molecule has 0 bridgehead atoms. The summed E-state index contributed by atoms with van der Waals surface area (Å²) < 4.78 is 0. The van der Waals surface area contributed by atoms with Crippen LogP contribution in [0.5, 0.6) is 0 Å². The Hall–Kier alpha value is -0.0800. The monoisotopic (exact) mass is 280 g/mol. The summed E-state index contributed by atoms with van der Waals surface area (Å²) in [5.74, 6) is 1.56. The first-order valence-electron chi connectivity index (χ1n) is 8.98. The molecule has 1 saturated heterocycles. The average Bonchev–Trinajstić information content (AvgIpc) is 2.92. The number of hydrogen-bond donors (Lipinski definition) is 1. The van der Waals surface area contributed by atoms with E-state index in [1.165, 1.54) is 58.0 Å². The van der Waals surface area contributed by atoms with Gasteiger partial charge in [0.25, 0.3) is 0 Å². The van der Waals surface area contributed by atoms with Crippen LogP contribution < -0.4 is 5.73 Å². The molecule has 2 heteroatoms. The molecule has 0 aromatic carbocycles. The molecular weight excluding hydrogens is 244 g/mol. The van der Waals surface area contributed by atoms with Crippen molar-refractivity contribution in [2.45, 2.75) is 78.2 Å².